The molecule has 1 saturated heterocycles. The molecular formula is C19H26N2O6S. The first-order valence-electron chi connectivity index (χ1n) is 9.03. The minimum atomic E-state index is -3.65. The second kappa shape index (κ2) is 9.70. The number of amides is 1. The van der Waals surface area contributed by atoms with E-state index in [-0.39, 0.29) is 10.6 Å². The van der Waals surface area contributed by atoms with E-state index in [9.17, 15) is 18.0 Å². The van der Waals surface area contributed by atoms with Crippen molar-refractivity contribution in [3.05, 3.63) is 29.8 Å². The third-order valence-electron chi connectivity index (χ3n) is 4.15. The lowest BCUT2D eigenvalue weighted by molar-refractivity contribution is -0.142. The van der Waals surface area contributed by atoms with Crippen molar-refractivity contribution < 1.29 is 27.5 Å². The summed E-state index contributed by atoms with van der Waals surface area (Å²) >= 11 is 0. The molecule has 1 amide bonds. The first kappa shape index (κ1) is 21.9. The number of ether oxygens (including phenoxy) is 2. The highest BCUT2D eigenvalue weighted by Gasteiger charge is 2.27. The van der Waals surface area contributed by atoms with Crippen LogP contribution in [0.4, 0.5) is 5.69 Å². The van der Waals surface area contributed by atoms with Crippen LogP contribution in [-0.2, 0) is 24.3 Å². The van der Waals surface area contributed by atoms with Crippen molar-refractivity contribution in [2.24, 2.45) is 0 Å². The lowest BCUT2D eigenvalue weighted by atomic mass is 10.2. The van der Waals surface area contributed by atoms with E-state index in [1.165, 1.54) is 35.7 Å². The van der Waals surface area contributed by atoms with Crippen molar-refractivity contribution in [1.82, 2.24) is 4.31 Å². The monoisotopic (exact) mass is 410 g/mol. The van der Waals surface area contributed by atoms with Crippen molar-refractivity contribution in [2.75, 3.05) is 32.1 Å². The van der Waals surface area contributed by atoms with E-state index < -0.39 is 28.5 Å². The highest BCUT2D eigenvalue weighted by Crippen LogP contribution is 2.29. The number of nitrogens with one attached hydrogen (secondary N) is 1. The molecule has 0 radical (unpaired) electrons. The first-order chi connectivity index (χ1) is 13.2. The molecule has 0 aliphatic carbocycles. The predicted molar refractivity (Wildman–Crippen MR) is 105 cm³/mol. The third-order valence-corrected chi connectivity index (χ3v) is 6.04. The zero-order valence-electron chi connectivity index (χ0n) is 16.4. The van der Waals surface area contributed by atoms with Gasteiger partial charge in [0, 0.05) is 19.2 Å². The fourth-order valence-electron chi connectivity index (χ4n) is 2.80. The fourth-order valence-corrected chi connectivity index (χ4v) is 4.34. The van der Waals surface area contributed by atoms with Gasteiger partial charge in [0.2, 0.25) is 10.0 Å². The Hall–Kier alpha value is -2.39. The molecule has 2 rings (SSSR count). The van der Waals surface area contributed by atoms with E-state index >= 15 is 0 Å². The quantitative estimate of drug-likeness (QED) is 0.547. The number of esters is 1. The maximum atomic E-state index is 12.8. The van der Waals surface area contributed by atoms with Gasteiger partial charge in [0.1, 0.15) is 5.75 Å². The number of rotatable bonds is 7. The van der Waals surface area contributed by atoms with Gasteiger partial charge in [-0.3, -0.25) is 4.79 Å². The molecule has 0 saturated carbocycles. The van der Waals surface area contributed by atoms with Crippen molar-refractivity contribution in [3.8, 4) is 5.75 Å². The van der Waals surface area contributed by atoms with Crippen LogP contribution in [0.2, 0.25) is 0 Å². The summed E-state index contributed by atoms with van der Waals surface area (Å²) < 4.78 is 37.2. The minimum Gasteiger partial charge on any atom is -0.495 e. The first-order valence-corrected chi connectivity index (χ1v) is 10.5. The second-order valence-corrected chi connectivity index (χ2v) is 8.64. The molecule has 28 heavy (non-hydrogen) atoms. The molecule has 1 N–H and O–H groups in total. The SMILES string of the molecule is COc1ccc(S(=O)(=O)N2CCCCC2)cc1NC(=O)COC(=O)C=C(C)C. The van der Waals surface area contributed by atoms with E-state index in [0.29, 0.717) is 18.8 Å². The zero-order valence-corrected chi connectivity index (χ0v) is 17.2. The van der Waals surface area contributed by atoms with E-state index in [4.69, 9.17) is 9.47 Å². The third kappa shape index (κ3) is 5.80. The average molecular weight is 410 g/mol. The van der Waals surface area contributed by atoms with Gasteiger partial charge < -0.3 is 14.8 Å². The molecule has 1 aromatic carbocycles. The number of methoxy groups -OCH3 is 1. The van der Waals surface area contributed by atoms with Crippen LogP contribution in [0.25, 0.3) is 0 Å². The Morgan fingerprint density at radius 3 is 2.46 bits per heavy atom. The number of benzene rings is 1. The van der Waals surface area contributed by atoms with E-state index in [2.05, 4.69) is 5.32 Å². The number of anilines is 1. The summed E-state index contributed by atoms with van der Waals surface area (Å²) in [5.41, 5.74) is 0.951. The summed E-state index contributed by atoms with van der Waals surface area (Å²) in [5, 5.41) is 2.54. The molecule has 154 valence electrons. The lowest BCUT2D eigenvalue weighted by Gasteiger charge is -2.26. The molecule has 1 aliphatic rings. The number of sulfonamides is 1. The summed E-state index contributed by atoms with van der Waals surface area (Å²) in [6.07, 6.45) is 3.95. The van der Waals surface area contributed by atoms with E-state index in [1.54, 1.807) is 13.8 Å². The van der Waals surface area contributed by atoms with Gasteiger partial charge in [-0.2, -0.15) is 4.31 Å². The molecule has 0 aromatic heterocycles. The van der Waals surface area contributed by atoms with Gasteiger partial charge in [-0.15, -0.1) is 0 Å². The molecule has 0 spiro atoms. The number of hydrogen-bond acceptors (Lipinski definition) is 6. The fraction of sp³-hybridized carbons (Fsp3) is 0.474. The van der Waals surface area contributed by atoms with Gasteiger partial charge in [0.05, 0.1) is 17.7 Å². The van der Waals surface area contributed by atoms with Crippen LogP contribution in [-0.4, -0.2) is 51.4 Å². The molecular weight excluding hydrogens is 384 g/mol. The van der Waals surface area contributed by atoms with Crippen LogP contribution >= 0.6 is 0 Å². The maximum Gasteiger partial charge on any atom is 0.331 e. The Kier molecular flexibility index (Phi) is 7.59. The van der Waals surface area contributed by atoms with Crippen molar-refractivity contribution in [3.63, 3.8) is 0 Å². The number of allylic oxidation sites excluding steroid dienone is 1. The normalized spacial score (nSPS) is 14.8. The summed E-state index contributed by atoms with van der Waals surface area (Å²) in [7, 11) is -2.24. The topological polar surface area (TPSA) is 102 Å². The summed E-state index contributed by atoms with van der Waals surface area (Å²) in [6.45, 7) is 3.95. The summed E-state index contributed by atoms with van der Waals surface area (Å²) in [4.78, 5) is 23.7. The predicted octanol–water partition coefficient (Wildman–Crippen LogP) is 2.32. The molecule has 0 unspecified atom stereocenters. The van der Waals surface area contributed by atoms with Crippen LogP contribution in [0, 0.1) is 0 Å². The molecule has 9 heteroatoms. The van der Waals surface area contributed by atoms with Gasteiger partial charge >= 0.3 is 5.97 Å². The summed E-state index contributed by atoms with van der Waals surface area (Å²) in [6, 6.07) is 4.30. The number of carbonyl (C=O) groups excluding carboxylic acids is 2. The van der Waals surface area contributed by atoms with Gasteiger partial charge in [-0.1, -0.05) is 12.0 Å². The van der Waals surface area contributed by atoms with Crippen LogP contribution in [0.5, 0.6) is 5.75 Å². The van der Waals surface area contributed by atoms with E-state index in [0.717, 1.165) is 24.8 Å². The Morgan fingerprint density at radius 1 is 1.18 bits per heavy atom. The van der Waals surface area contributed by atoms with Crippen LogP contribution < -0.4 is 10.1 Å². The van der Waals surface area contributed by atoms with Gasteiger partial charge in [-0.05, 0) is 44.9 Å². The number of hydrogen-bond donors (Lipinski definition) is 1. The standard InChI is InChI=1S/C19H26N2O6S/c1-14(2)11-19(23)27-13-18(22)20-16-12-15(7-8-17(16)26-3)28(24,25)21-9-5-4-6-10-21/h7-8,11-12H,4-6,9-10,13H2,1-3H3,(H,20,22). The number of nitrogens with zero attached hydrogens (tertiary/aromatic N) is 1. The Labute approximate surface area is 165 Å². The lowest BCUT2D eigenvalue weighted by Crippen LogP contribution is -2.35. The van der Waals surface area contributed by atoms with Crippen LogP contribution in [0.3, 0.4) is 0 Å². The maximum absolute atomic E-state index is 12.8. The second-order valence-electron chi connectivity index (χ2n) is 6.70. The molecule has 1 aromatic rings. The highest BCUT2D eigenvalue weighted by atomic mass is 32.2. The van der Waals surface area contributed by atoms with Crippen molar-refractivity contribution in [1.29, 1.82) is 0 Å². The largest absolute Gasteiger partial charge is 0.495 e. The Bertz CT molecular complexity index is 853. The minimum absolute atomic E-state index is 0.0760. The van der Waals surface area contributed by atoms with Crippen molar-refractivity contribution in [2.45, 2.75) is 38.0 Å². The smallest absolute Gasteiger partial charge is 0.331 e. The molecule has 1 fully saturated rings. The van der Waals surface area contributed by atoms with Gasteiger partial charge in [0.25, 0.3) is 5.91 Å². The van der Waals surface area contributed by atoms with E-state index in [1.807, 2.05) is 0 Å². The van der Waals surface area contributed by atoms with Crippen LogP contribution in [0.1, 0.15) is 33.1 Å². The molecule has 0 atom stereocenters. The van der Waals surface area contributed by atoms with Gasteiger partial charge in [-0.25, -0.2) is 13.2 Å². The molecule has 1 heterocycles. The van der Waals surface area contributed by atoms with Gasteiger partial charge in [0.15, 0.2) is 6.61 Å². The molecule has 0 bridgehead atoms. The number of carbonyl (C=O) groups is 2. The number of piperidine rings is 1. The molecule has 8 nitrogen and oxygen atoms in total. The van der Waals surface area contributed by atoms with Crippen molar-refractivity contribution >= 4 is 27.6 Å². The molecule has 1 aliphatic heterocycles. The highest BCUT2D eigenvalue weighted by molar-refractivity contribution is 7.89. The van der Waals surface area contributed by atoms with Crippen LogP contribution in [0.15, 0.2) is 34.7 Å². The summed E-state index contributed by atoms with van der Waals surface area (Å²) in [5.74, 6) is -0.911. The Morgan fingerprint density at radius 2 is 1.86 bits per heavy atom. The average Bonchev–Trinajstić information content (AvgIpc) is 2.66. The zero-order chi connectivity index (χ0) is 20.7. The Balaban J connectivity index is 2.15.